The van der Waals surface area contributed by atoms with Gasteiger partial charge >= 0.3 is 11.9 Å². The fourth-order valence-electron chi connectivity index (χ4n) is 2.10. The summed E-state index contributed by atoms with van der Waals surface area (Å²) in [6.07, 6.45) is 3.53. The number of hydrogen-bond donors (Lipinski definition) is 1. The first-order valence-electron chi connectivity index (χ1n) is 8.08. The number of aryl methyl sites for hydroxylation is 1. The van der Waals surface area contributed by atoms with Crippen molar-refractivity contribution >= 4 is 17.7 Å². The number of ketones is 1. The molecule has 5 heteroatoms. The Morgan fingerprint density at radius 2 is 1.62 bits per heavy atom. The molecule has 0 saturated heterocycles. The summed E-state index contributed by atoms with van der Waals surface area (Å²) in [5.74, 6) is -0.618. The van der Waals surface area contributed by atoms with Crippen LogP contribution in [0.5, 0.6) is 5.75 Å². The van der Waals surface area contributed by atoms with Gasteiger partial charge in [0, 0.05) is 19.3 Å². The molecule has 0 aliphatic heterocycles. The van der Waals surface area contributed by atoms with Crippen molar-refractivity contribution in [1.82, 2.24) is 0 Å². The van der Waals surface area contributed by atoms with E-state index < -0.39 is 5.97 Å². The van der Waals surface area contributed by atoms with Crippen LogP contribution in [0, 0.1) is 0 Å². The van der Waals surface area contributed by atoms with E-state index in [2.05, 4.69) is 6.58 Å². The van der Waals surface area contributed by atoms with Crippen LogP contribution in [0.15, 0.2) is 36.4 Å². The third-order valence-corrected chi connectivity index (χ3v) is 3.54. The number of unbranched alkanes of at least 4 members (excludes halogenated alkanes) is 2. The maximum atomic E-state index is 11.7. The standard InChI is InChI=1S/C19H24O5/c1-14(2)17(20)6-4-3-5-7-19(23)24-16-11-8-15(9-12-16)10-13-18(21)22/h8-9,11-12H,1,3-7,10,13H2,2H3,(H,21,22). The van der Waals surface area contributed by atoms with Crippen LogP contribution < -0.4 is 4.74 Å². The summed E-state index contributed by atoms with van der Waals surface area (Å²) >= 11 is 0. The van der Waals surface area contributed by atoms with Crippen LogP contribution in [-0.2, 0) is 20.8 Å². The molecular weight excluding hydrogens is 308 g/mol. The van der Waals surface area contributed by atoms with Crippen molar-refractivity contribution in [2.45, 2.75) is 51.9 Å². The summed E-state index contributed by atoms with van der Waals surface area (Å²) in [6, 6.07) is 6.85. The van der Waals surface area contributed by atoms with Crippen molar-refractivity contribution in [2.75, 3.05) is 0 Å². The highest BCUT2D eigenvalue weighted by atomic mass is 16.5. The van der Waals surface area contributed by atoms with Crippen molar-refractivity contribution in [3.8, 4) is 5.75 Å². The van der Waals surface area contributed by atoms with E-state index in [1.54, 1.807) is 31.2 Å². The number of hydrogen-bond acceptors (Lipinski definition) is 4. The summed E-state index contributed by atoms with van der Waals surface area (Å²) in [5.41, 5.74) is 1.46. The van der Waals surface area contributed by atoms with Gasteiger partial charge in [-0.2, -0.15) is 0 Å². The Labute approximate surface area is 142 Å². The first-order chi connectivity index (χ1) is 11.4. The van der Waals surface area contributed by atoms with Gasteiger partial charge < -0.3 is 9.84 Å². The van der Waals surface area contributed by atoms with Crippen molar-refractivity contribution in [2.24, 2.45) is 0 Å². The summed E-state index contributed by atoms with van der Waals surface area (Å²) in [5, 5.41) is 8.63. The molecular formula is C19H24O5. The molecule has 0 spiro atoms. The minimum absolute atomic E-state index is 0.0700. The number of carboxylic acid groups (broad SMARTS) is 1. The van der Waals surface area contributed by atoms with Crippen LogP contribution >= 0.6 is 0 Å². The van der Waals surface area contributed by atoms with Gasteiger partial charge in [-0.1, -0.05) is 25.1 Å². The number of Topliss-reactive ketones (excluding diaryl/α,β-unsaturated/α-hetero) is 1. The Kier molecular flexibility index (Phi) is 8.47. The van der Waals surface area contributed by atoms with E-state index in [0.717, 1.165) is 18.4 Å². The van der Waals surface area contributed by atoms with Gasteiger partial charge in [0.05, 0.1) is 0 Å². The molecule has 0 aliphatic rings. The number of carbonyl (C=O) groups excluding carboxylic acids is 2. The van der Waals surface area contributed by atoms with Crippen LogP contribution in [0.4, 0.5) is 0 Å². The zero-order valence-electron chi connectivity index (χ0n) is 14.0. The number of esters is 1. The molecule has 1 aromatic rings. The van der Waals surface area contributed by atoms with Crippen molar-refractivity contribution in [3.63, 3.8) is 0 Å². The van der Waals surface area contributed by atoms with E-state index in [4.69, 9.17) is 9.84 Å². The Bertz CT molecular complexity index is 586. The molecule has 130 valence electrons. The van der Waals surface area contributed by atoms with E-state index in [-0.39, 0.29) is 18.2 Å². The number of rotatable bonds is 11. The van der Waals surface area contributed by atoms with Crippen LogP contribution in [0.2, 0.25) is 0 Å². The lowest BCUT2D eigenvalue weighted by Crippen LogP contribution is -2.07. The zero-order valence-corrected chi connectivity index (χ0v) is 14.0. The fourth-order valence-corrected chi connectivity index (χ4v) is 2.10. The predicted octanol–water partition coefficient (Wildman–Crippen LogP) is 3.70. The van der Waals surface area contributed by atoms with Crippen LogP contribution in [0.1, 0.15) is 51.0 Å². The number of ether oxygens (including phenoxy) is 1. The lowest BCUT2D eigenvalue weighted by Gasteiger charge is -2.05. The highest BCUT2D eigenvalue weighted by Gasteiger charge is 2.07. The second kappa shape index (κ2) is 10.4. The van der Waals surface area contributed by atoms with Crippen molar-refractivity contribution in [1.29, 1.82) is 0 Å². The van der Waals surface area contributed by atoms with E-state index in [1.165, 1.54) is 0 Å². The van der Waals surface area contributed by atoms with Crippen LogP contribution in [0.25, 0.3) is 0 Å². The number of benzene rings is 1. The normalized spacial score (nSPS) is 10.2. The molecule has 0 atom stereocenters. The average Bonchev–Trinajstić information content (AvgIpc) is 2.53. The highest BCUT2D eigenvalue weighted by Crippen LogP contribution is 2.15. The van der Waals surface area contributed by atoms with Gasteiger partial charge in [-0.15, -0.1) is 0 Å². The topological polar surface area (TPSA) is 80.7 Å². The molecule has 1 N–H and O–H groups in total. The molecule has 0 fully saturated rings. The third kappa shape index (κ3) is 8.27. The smallest absolute Gasteiger partial charge is 0.311 e. The van der Waals surface area contributed by atoms with E-state index in [0.29, 0.717) is 37.0 Å². The molecule has 24 heavy (non-hydrogen) atoms. The Morgan fingerprint density at radius 3 is 2.21 bits per heavy atom. The van der Waals surface area contributed by atoms with Gasteiger partial charge in [-0.3, -0.25) is 14.4 Å². The summed E-state index contributed by atoms with van der Waals surface area (Å²) in [7, 11) is 0. The van der Waals surface area contributed by atoms with Gasteiger partial charge in [0.1, 0.15) is 5.75 Å². The molecule has 0 heterocycles. The molecule has 1 rings (SSSR count). The number of carbonyl (C=O) groups is 3. The van der Waals surface area contributed by atoms with Gasteiger partial charge in [0.25, 0.3) is 0 Å². The minimum Gasteiger partial charge on any atom is -0.481 e. The number of carboxylic acids is 1. The van der Waals surface area contributed by atoms with Gasteiger partial charge in [-0.05, 0) is 49.5 Å². The zero-order chi connectivity index (χ0) is 17.9. The molecule has 0 amide bonds. The maximum absolute atomic E-state index is 11.7. The summed E-state index contributed by atoms with van der Waals surface area (Å²) < 4.78 is 5.22. The monoisotopic (exact) mass is 332 g/mol. The first-order valence-corrected chi connectivity index (χ1v) is 8.08. The Morgan fingerprint density at radius 1 is 1.00 bits per heavy atom. The van der Waals surface area contributed by atoms with E-state index >= 15 is 0 Å². The van der Waals surface area contributed by atoms with Crippen molar-refractivity contribution in [3.05, 3.63) is 42.0 Å². The molecule has 5 nitrogen and oxygen atoms in total. The highest BCUT2D eigenvalue weighted by molar-refractivity contribution is 5.93. The molecule has 0 aromatic heterocycles. The predicted molar refractivity (Wildman–Crippen MR) is 90.9 cm³/mol. The van der Waals surface area contributed by atoms with Gasteiger partial charge in [0.15, 0.2) is 5.78 Å². The largest absolute Gasteiger partial charge is 0.481 e. The van der Waals surface area contributed by atoms with Gasteiger partial charge in [0.2, 0.25) is 0 Å². The number of allylic oxidation sites excluding steroid dienone is 1. The van der Waals surface area contributed by atoms with Crippen molar-refractivity contribution < 1.29 is 24.2 Å². The minimum atomic E-state index is -0.838. The van der Waals surface area contributed by atoms with Gasteiger partial charge in [-0.25, -0.2) is 0 Å². The molecule has 0 bridgehead atoms. The van der Waals surface area contributed by atoms with Crippen LogP contribution in [-0.4, -0.2) is 22.8 Å². The van der Waals surface area contributed by atoms with E-state index in [1.807, 2.05) is 0 Å². The average molecular weight is 332 g/mol. The lowest BCUT2D eigenvalue weighted by molar-refractivity contribution is -0.137. The Balaban J connectivity index is 2.24. The molecule has 0 saturated carbocycles. The fraction of sp³-hybridized carbons (Fsp3) is 0.421. The summed E-state index contributed by atoms with van der Waals surface area (Å²) in [6.45, 7) is 5.30. The second-order valence-electron chi connectivity index (χ2n) is 5.78. The number of aliphatic carboxylic acids is 1. The quantitative estimate of drug-likeness (QED) is 0.289. The van der Waals surface area contributed by atoms with E-state index in [9.17, 15) is 14.4 Å². The summed E-state index contributed by atoms with van der Waals surface area (Å²) in [4.78, 5) is 33.6. The molecule has 0 aliphatic carbocycles. The van der Waals surface area contributed by atoms with Crippen LogP contribution in [0.3, 0.4) is 0 Å². The Hall–Kier alpha value is -2.43. The second-order valence-corrected chi connectivity index (χ2v) is 5.78. The SMILES string of the molecule is C=C(C)C(=O)CCCCCC(=O)Oc1ccc(CCC(=O)O)cc1. The maximum Gasteiger partial charge on any atom is 0.311 e. The first kappa shape index (κ1) is 19.6. The molecule has 0 radical (unpaired) electrons. The molecule has 1 aromatic carbocycles. The lowest BCUT2D eigenvalue weighted by atomic mass is 10.1. The third-order valence-electron chi connectivity index (χ3n) is 3.54. The molecule has 0 unspecified atom stereocenters.